The second-order valence-corrected chi connectivity index (χ2v) is 5.54. The third-order valence-corrected chi connectivity index (χ3v) is 3.78. The molecule has 0 aliphatic heterocycles. The fourth-order valence-electron chi connectivity index (χ4n) is 2.27. The highest BCUT2D eigenvalue weighted by molar-refractivity contribution is 5.77. The molecular weight excluding hydrogens is 252 g/mol. The molecule has 1 aromatic rings. The summed E-state index contributed by atoms with van der Waals surface area (Å²) in [5, 5.41) is 0. The lowest BCUT2D eigenvalue weighted by Gasteiger charge is -2.24. The van der Waals surface area contributed by atoms with Crippen molar-refractivity contribution < 1.29 is 9.53 Å². The van der Waals surface area contributed by atoms with E-state index in [4.69, 9.17) is 10.5 Å². The number of carbonyl (C=O) groups excluding carboxylic acids is 1. The summed E-state index contributed by atoms with van der Waals surface area (Å²) in [4.78, 5) is 14.4. The Labute approximate surface area is 120 Å². The summed E-state index contributed by atoms with van der Waals surface area (Å²) in [6.45, 7) is 3.13. The van der Waals surface area contributed by atoms with Crippen LogP contribution in [0.25, 0.3) is 0 Å². The van der Waals surface area contributed by atoms with Gasteiger partial charge in [0, 0.05) is 26.2 Å². The average Bonchev–Trinajstić information content (AvgIpc) is 3.28. The smallest absolute Gasteiger partial charge is 0.225 e. The van der Waals surface area contributed by atoms with E-state index in [1.807, 2.05) is 4.90 Å². The van der Waals surface area contributed by atoms with Gasteiger partial charge in [-0.05, 0) is 25.3 Å². The maximum Gasteiger partial charge on any atom is 0.225 e. The number of ether oxygens (including phenoxy) is 1. The molecule has 0 bridgehead atoms. The summed E-state index contributed by atoms with van der Waals surface area (Å²) in [7, 11) is 1.60. The van der Waals surface area contributed by atoms with Gasteiger partial charge in [-0.1, -0.05) is 29.8 Å². The van der Waals surface area contributed by atoms with Crippen molar-refractivity contribution in [3.05, 3.63) is 35.4 Å². The molecule has 4 nitrogen and oxygen atoms in total. The fraction of sp³-hybridized carbons (Fsp3) is 0.562. The lowest BCUT2D eigenvalue weighted by Crippen LogP contribution is -2.37. The molecule has 1 atom stereocenters. The van der Waals surface area contributed by atoms with Crippen LogP contribution in [0, 0.1) is 6.92 Å². The van der Waals surface area contributed by atoms with Crippen LogP contribution in [0.2, 0.25) is 0 Å². The standard InChI is InChI=1S/C16H24N2O2/c1-12-3-5-13(6-4-12)11-18(14-7-8-14)16(19)9-15(10-17)20-2/h3-6,14-15H,7-11,17H2,1-2H3. The Balaban J connectivity index is 1.99. The van der Waals surface area contributed by atoms with Gasteiger partial charge in [-0.3, -0.25) is 4.79 Å². The predicted octanol–water partition coefficient (Wildman–Crippen LogP) is 1.85. The third kappa shape index (κ3) is 4.05. The number of rotatable bonds is 7. The molecule has 0 saturated heterocycles. The molecule has 20 heavy (non-hydrogen) atoms. The van der Waals surface area contributed by atoms with Crippen LogP contribution >= 0.6 is 0 Å². The Bertz CT molecular complexity index is 436. The van der Waals surface area contributed by atoms with Crippen LogP contribution in [-0.2, 0) is 16.1 Å². The first-order valence-corrected chi connectivity index (χ1v) is 7.22. The number of benzene rings is 1. The van der Waals surface area contributed by atoms with Gasteiger partial charge in [0.1, 0.15) is 0 Å². The number of amides is 1. The molecule has 0 aromatic heterocycles. The summed E-state index contributed by atoms with van der Waals surface area (Å²) in [6, 6.07) is 8.76. The minimum atomic E-state index is -0.179. The Hall–Kier alpha value is -1.39. The second kappa shape index (κ2) is 6.86. The van der Waals surface area contributed by atoms with E-state index >= 15 is 0 Å². The van der Waals surface area contributed by atoms with Crippen molar-refractivity contribution in [2.75, 3.05) is 13.7 Å². The largest absolute Gasteiger partial charge is 0.380 e. The monoisotopic (exact) mass is 276 g/mol. The SMILES string of the molecule is COC(CN)CC(=O)N(Cc1ccc(C)cc1)C1CC1. The van der Waals surface area contributed by atoms with Crippen LogP contribution in [0.15, 0.2) is 24.3 Å². The van der Waals surface area contributed by atoms with E-state index in [2.05, 4.69) is 31.2 Å². The van der Waals surface area contributed by atoms with E-state index in [1.165, 1.54) is 11.1 Å². The van der Waals surface area contributed by atoms with Crippen LogP contribution in [0.3, 0.4) is 0 Å². The Morgan fingerprint density at radius 3 is 2.55 bits per heavy atom. The van der Waals surface area contributed by atoms with Gasteiger partial charge < -0.3 is 15.4 Å². The number of hydrogen-bond donors (Lipinski definition) is 1. The number of aryl methyl sites for hydroxylation is 1. The van der Waals surface area contributed by atoms with Crippen molar-refractivity contribution in [3.8, 4) is 0 Å². The zero-order valence-corrected chi connectivity index (χ0v) is 12.3. The van der Waals surface area contributed by atoms with E-state index < -0.39 is 0 Å². The molecule has 0 radical (unpaired) electrons. The first-order valence-electron chi connectivity index (χ1n) is 7.22. The Morgan fingerprint density at radius 2 is 2.05 bits per heavy atom. The van der Waals surface area contributed by atoms with Gasteiger partial charge in [0.05, 0.1) is 12.5 Å². The number of carbonyl (C=O) groups is 1. The molecule has 4 heteroatoms. The molecule has 1 aliphatic rings. The summed E-state index contributed by atoms with van der Waals surface area (Å²) in [6.07, 6.45) is 2.41. The summed E-state index contributed by atoms with van der Waals surface area (Å²) in [5.74, 6) is 0.144. The molecule has 2 rings (SSSR count). The molecule has 2 N–H and O–H groups in total. The molecule has 1 fully saturated rings. The van der Waals surface area contributed by atoms with Crippen LogP contribution in [0.4, 0.5) is 0 Å². The van der Waals surface area contributed by atoms with Gasteiger partial charge in [0.25, 0.3) is 0 Å². The zero-order valence-electron chi connectivity index (χ0n) is 12.3. The van der Waals surface area contributed by atoms with E-state index in [0.29, 0.717) is 25.6 Å². The normalized spacial score (nSPS) is 15.9. The van der Waals surface area contributed by atoms with Gasteiger partial charge in [0.2, 0.25) is 5.91 Å². The highest BCUT2D eigenvalue weighted by Crippen LogP contribution is 2.29. The van der Waals surface area contributed by atoms with Gasteiger partial charge in [-0.25, -0.2) is 0 Å². The first-order chi connectivity index (χ1) is 9.63. The molecule has 0 spiro atoms. The minimum Gasteiger partial charge on any atom is -0.380 e. The molecule has 110 valence electrons. The van der Waals surface area contributed by atoms with Gasteiger partial charge in [0.15, 0.2) is 0 Å². The van der Waals surface area contributed by atoms with E-state index in [-0.39, 0.29) is 12.0 Å². The number of nitrogens with two attached hydrogens (primary N) is 1. The van der Waals surface area contributed by atoms with Crippen LogP contribution in [0.1, 0.15) is 30.4 Å². The van der Waals surface area contributed by atoms with Crippen molar-refractivity contribution in [1.82, 2.24) is 4.90 Å². The molecule has 1 unspecified atom stereocenters. The lowest BCUT2D eigenvalue weighted by atomic mass is 10.1. The third-order valence-electron chi connectivity index (χ3n) is 3.78. The Kier molecular flexibility index (Phi) is 5.15. The van der Waals surface area contributed by atoms with Crippen molar-refractivity contribution in [3.63, 3.8) is 0 Å². The van der Waals surface area contributed by atoms with Crippen molar-refractivity contribution in [2.45, 2.75) is 44.9 Å². The summed E-state index contributed by atoms with van der Waals surface area (Å²) < 4.78 is 5.21. The van der Waals surface area contributed by atoms with E-state index in [9.17, 15) is 4.79 Å². The van der Waals surface area contributed by atoms with E-state index in [0.717, 1.165) is 12.8 Å². The maximum atomic E-state index is 12.4. The molecule has 1 aromatic carbocycles. The second-order valence-electron chi connectivity index (χ2n) is 5.54. The van der Waals surface area contributed by atoms with Crippen molar-refractivity contribution in [2.24, 2.45) is 5.73 Å². The lowest BCUT2D eigenvalue weighted by molar-refractivity contribution is -0.134. The highest BCUT2D eigenvalue weighted by atomic mass is 16.5. The van der Waals surface area contributed by atoms with Gasteiger partial charge in [-0.15, -0.1) is 0 Å². The minimum absolute atomic E-state index is 0.144. The number of nitrogens with zero attached hydrogens (tertiary/aromatic N) is 1. The predicted molar refractivity (Wildman–Crippen MR) is 79.2 cm³/mol. The zero-order chi connectivity index (χ0) is 14.5. The Morgan fingerprint density at radius 1 is 1.40 bits per heavy atom. The van der Waals surface area contributed by atoms with Crippen LogP contribution < -0.4 is 5.73 Å². The maximum absolute atomic E-state index is 12.4. The van der Waals surface area contributed by atoms with Gasteiger partial charge in [-0.2, -0.15) is 0 Å². The molecule has 1 saturated carbocycles. The quantitative estimate of drug-likeness (QED) is 0.827. The first kappa shape index (κ1) is 15.0. The van der Waals surface area contributed by atoms with Gasteiger partial charge >= 0.3 is 0 Å². The van der Waals surface area contributed by atoms with E-state index in [1.54, 1.807) is 7.11 Å². The van der Waals surface area contributed by atoms with Crippen LogP contribution in [0.5, 0.6) is 0 Å². The average molecular weight is 276 g/mol. The number of hydrogen-bond acceptors (Lipinski definition) is 3. The summed E-state index contributed by atoms with van der Waals surface area (Å²) >= 11 is 0. The molecule has 1 amide bonds. The molecular formula is C16H24N2O2. The molecule has 0 heterocycles. The van der Waals surface area contributed by atoms with Crippen LogP contribution in [-0.4, -0.2) is 36.6 Å². The number of methoxy groups -OCH3 is 1. The topological polar surface area (TPSA) is 55.6 Å². The summed E-state index contributed by atoms with van der Waals surface area (Å²) in [5.41, 5.74) is 8.01. The van der Waals surface area contributed by atoms with Crippen molar-refractivity contribution in [1.29, 1.82) is 0 Å². The fourth-order valence-corrected chi connectivity index (χ4v) is 2.27. The highest BCUT2D eigenvalue weighted by Gasteiger charge is 2.33. The molecule has 1 aliphatic carbocycles. The van der Waals surface area contributed by atoms with Crippen molar-refractivity contribution >= 4 is 5.91 Å².